The summed E-state index contributed by atoms with van der Waals surface area (Å²) in [5, 5.41) is 12.3. The number of hydrogen-bond acceptors (Lipinski definition) is 3. The van der Waals surface area contributed by atoms with Gasteiger partial charge >= 0.3 is 5.97 Å². The SMILES string of the molecule is CC(C)(CNC(=O)c1coc2ccccc12)C(=O)O. The number of para-hydroxylation sites is 1. The summed E-state index contributed by atoms with van der Waals surface area (Å²) in [5.74, 6) is -1.29. The van der Waals surface area contributed by atoms with Gasteiger partial charge in [0.25, 0.3) is 5.91 Å². The topological polar surface area (TPSA) is 79.5 Å². The predicted molar refractivity (Wildman–Crippen MR) is 70.0 cm³/mol. The van der Waals surface area contributed by atoms with Crippen molar-refractivity contribution < 1.29 is 19.1 Å². The fraction of sp³-hybridized carbons (Fsp3) is 0.286. The number of benzene rings is 1. The van der Waals surface area contributed by atoms with Crippen molar-refractivity contribution in [1.82, 2.24) is 5.32 Å². The zero-order valence-corrected chi connectivity index (χ0v) is 10.8. The largest absolute Gasteiger partial charge is 0.481 e. The van der Waals surface area contributed by atoms with Crippen molar-refractivity contribution in [2.75, 3.05) is 6.54 Å². The van der Waals surface area contributed by atoms with E-state index in [-0.39, 0.29) is 12.5 Å². The number of carboxylic acid groups (broad SMARTS) is 1. The zero-order valence-electron chi connectivity index (χ0n) is 10.8. The third-order valence-electron chi connectivity index (χ3n) is 3.00. The average Bonchev–Trinajstić information content (AvgIpc) is 2.79. The van der Waals surface area contributed by atoms with Crippen LogP contribution in [-0.2, 0) is 4.79 Å². The third kappa shape index (κ3) is 2.59. The molecule has 0 aliphatic rings. The molecule has 0 saturated carbocycles. The van der Waals surface area contributed by atoms with Crippen molar-refractivity contribution in [2.24, 2.45) is 5.41 Å². The molecule has 2 rings (SSSR count). The van der Waals surface area contributed by atoms with Gasteiger partial charge in [0.1, 0.15) is 11.8 Å². The second-order valence-electron chi connectivity index (χ2n) is 5.02. The number of fused-ring (bicyclic) bond motifs is 1. The van der Waals surface area contributed by atoms with Crippen LogP contribution in [0.25, 0.3) is 11.0 Å². The number of rotatable bonds is 4. The molecule has 0 bridgehead atoms. The summed E-state index contributed by atoms with van der Waals surface area (Å²) < 4.78 is 5.27. The summed E-state index contributed by atoms with van der Waals surface area (Å²) in [6.07, 6.45) is 1.38. The fourth-order valence-corrected chi connectivity index (χ4v) is 1.63. The van der Waals surface area contributed by atoms with Gasteiger partial charge in [0.2, 0.25) is 0 Å². The second kappa shape index (κ2) is 4.76. The van der Waals surface area contributed by atoms with Gasteiger partial charge in [-0.25, -0.2) is 0 Å². The molecule has 5 nitrogen and oxygen atoms in total. The molecule has 0 spiro atoms. The van der Waals surface area contributed by atoms with E-state index < -0.39 is 11.4 Å². The maximum absolute atomic E-state index is 12.0. The monoisotopic (exact) mass is 261 g/mol. The highest BCUT2D eigenvalue weighted by molar-refractivity contribution is 6.06. The molecule has 0 aliphatic carbocycles. The average molecular weight is 261 g/mol. The quantitative estimate of drug-likeness (QED) is 0.884. The standard InChI is InChI=1S/C14H15NO4/c1-14(2,13(17)18)8-15-12(16)10-7-19-11-6-4-3-5-9(10)11/h3-7H,8H2,1-2H3,(H,15,16)(H,17,18). The number of carbonyl (C=O) groups excluding carboxylic acids is 1. The van der Waals surface area contributed by atoms with Crippen molar-refractivity contribution in [2.45, 2.75) is 13.8 Å². The minimum Gasteiger partial charge on any atom is -0.481 e. The van der Waals surface area contributed by atoms with Crippen LogP contribution < -0.4 is 5.32 Å². The highest BCUT2D eigenvalue weighted by atomic mass is 16.4. The highest BCUT2D eigenvalue weighted by Crippen LogP contribution is 2.21. The van der Waals surface area contributed by atoms with E-state index in [1.54, 1.807) is 26.0 Å². The van der Waals surface area contributed by atoms with Crippen molar-refractivity contribution >= 4 is 22.8 Å². The van der Waals surface area contributed by atoms with E-state index in [9.17, 15) is 9.59 Å². The van der Waals surface area contributed by atoms with Crippen LogP contribution >= 0.6 is 0 Å². The lowest BCUT2D eigenvalue weighted by atomic mass is 9.94. The minimum atomic E-state index is -1.00. The molecule has 1 aromatic heterocycles. The predicted octanol–water partition coefficient (Wildman–Crippen LogP) is 2.27. The first-order valence-electron chi connectivity index (χ1n) is 5.89. The summed E-state index contributed by atoms with van der Waals surface area (Å²) >= 11 is 0. The van der Waals surface area contributed by atoms with E-state index in [0.717, 1.165) is 0 Å². The molecule has 0 unspecified atom stereocenters. The molecule has 0 atom stereocenters. The summed E-state index contributed by atoms with van der Waals surface area (Å²) in [6, 6.07) is 7.19. The lowest BCUT2D eigenvalue weighted by molar-refractivity contribution is -0.146. The van der Waals surface area contributed by atoms with Gasteiger partial charge < -0.3 is 14.8 Å². The molecule has 1 aromatic carbocycles. The minimum absolute atomic E-state index is 0.0562. The van der Waals surface area contributed by atoms with Gasteiger partial charge in [-0.15, -0.1) is 0 Å². The smallest absolute Gasteiger partial charge is 0.310 e. The normalized spacial score (nSPS) is 11.5. The first kappa shape index (κ1) is 13.1. The number of carboxylic acids is 1. The molecule has 0 fully saturated rings. The number of carbonyl (C=O) groups is 2. The van der Waals surface area contributed by atoms with E-state index in [1.165, 1.54) is 6.26 Å². The van der Waals surface area contributed by atoms with Gasteiger partial charge in [-0.3, -0.25) is 9.59 Å². The number of hydrogen-bond donors (Lipinski definition) is 2. The molecule has 0 aliphatic heterocycles. The molecule has 0 radical (unpaired) electrons. The number of nitrogens with one attached hydrogen (secondary N) is 1. The van der Waals surface area contributed by atoms with Gasteiger partial charge in [-0.2, -0.15) is 0 Å². The maximum atomic E-state index is 12.0. The van der Waals surface area contributed by atoms with Crippen LogP contribution in [0.1, 0.15) is 24.2 Å². The Morgan fingerprint density at radius 1 is 1.32 bits per heavy atom. The Kier molecular flexibility index (Phi) is 3.29. The fourth-order valence-electron chi connectivity index (χ4n) is 1.63. The van der Waals surface area contributed by atoms with Gasteiger partial charge in [-0.05, 0) is 19.9 Å². The molecule has 1 heterocycles. The van der Waals surface area contributed by atoms with Gasteiger partial charge in [0, 0.05) is 11.9 Å². The Bertz CT molecular complexity index is 627. The molecule has 0 saturated heterocycles. The van der Waals surface area contributed by atoms with Crippen LogP contribution in [0.5, 0.6) is 0 Å². The summed E-state index contributed by atoms with van der Waals surface area (Å²) in [5.41, 5.74) is 0.0387. The summed E-state index contributed by atoms with van der Waals surface area (Å²) in [6.45, 7) is 3.17. The lowest BCUT2D eigenvalue weighted by Gasteiger charge is -2.19. The Morgan fingerprint density at radius 3 is 2.68 bits per heavy atom. The van der Waals surface area contributed by atoms with E-state index in [4.69, 9.17) is 9.52 Å². The Balaban J connectivity index is 2.15. The number of amides is 1. The molecular formula is C14H15NO4. The highest BCUT2D eigenvalue weighted by Gasteiger charge is 2.28. The van der Waals surface area contributed by atoms with Gasteiger partial charge in [0.05, 0.1) is 11.0 Å². The molecular weight excluding hydrogens is 246 g/mol. The summed E-state index contributed by atoms with van der Waals surface area (Å²) in [4.78, 5) is 23.0. The number of furan rings is 1. The van der Waals surface area contributed by atoms with Crippen molar-refractivity contribution in [3.8, 4) is 0 Å². The lowest BCUT2D eigenvalue weighted by Crippen LogP contribution is -2.38. The van der Waals surface area contributed by atoms with Crippen LogP contribution in [0.4, 0.5) is 0 Å². The first-order chi connectivity index (χ1) is 8.92. The van der Waals surface area contributed by atoms with Crippen LogP contribution in [-0.4, -0.2) is 23.5 Å². The van der Waals surface area contributed by atoms with Crippen molar-refractivity contribution in [1.29, 1.82) is 0 Å². The maximum Gasteiger partial charge on any atom is 0.310 e. The number of aliphatic carboxylic acids is 1. The van der Waals surface area contributed by atoms with Crippen LogP contribution in [0.2, 0.25) is 0 Å². The molecule has 5 heteroatoms. The van der Waals surface area contributed by atoms with E-state index in [1.807, 2.05) is 12.1 Å². The Morgan fingerprint density at radius 2 is 2.00 bits per heavy atom. The first-order valence-corrected chi connectivity index (χ1v) is 5.89. The van der Waals surface area contributed by atoms with Crippen LogP contribution in [0.3, 0.4) is 0 Å². The molecule has 1 amide bonds. The van der Waals surface area contributed by atoms with Crippen LogP contribution in [0, 0.1) is 5.41 Å². The van der Waals surface area contributed by atoms with Gasteiger partial charge in [-0.1, -0.05) is 18.2 Å². The molecule has 2 N–H and O–H groups in total. The summed E-state index contributed by atoms with van der Waals surface area (Å²) in [7, 11) is 0. The van der Waals surface area contributed by atoms with Crippen molar-refractivity contribution in [3.63, 3.8) is 0 Å². The van der Waals surface area contributed by atoms with E-state index in [0.29, 0.717) is 16.5 Å². The Labute approximate surface area is 110 Å². The molecule has 2 aromatic rings. The third-order valence-corrected chi connectivity index (χ3v) is 3.00. The van der Waals surface area contributed by atoms with E-state index >= 15 is 0 Å². The second-order valence-corrected chi connectivity index (χ2v) is 5.02. The van der Waals surface area contributed by atoms with Crippen molar-refractivity contribution in [3.05, 3.63) is 36.1 Å². The zero-order chi connectivity index (χ0) is 14.0. The van der Waals surface area contributed by atoms with E-state index in [2.05, 4.69) is 5.32 Å². The molecule has 100 valence electrons. The van der Waals surface area contributed by atoms with Gasteiger partial charge in [0.15, 0.2) is 0 Å². The molecule has 19 heavy (non-hydrogen) atoms. The van der Waals surface area contributed by atoms with Crippen LogP contribution in [0.15, 0.2) is 34.9 Å². The Hall–Kier alpha value is -2.30.